The Kier molecular flexibility index (Phi) is 11.2. The summed E-state index contributed by atoms with van der Waals surface area (Å²) in [6.07, 6.45) is 2.61. The predicted molar refractivity (Wildman–Crippen MR) is 258 cm³/mol. The van der Waals surface area contributed by atoms with Crippen LogP contribution in [0.1, 0.15) is 72.5 Å². The van der Waals surface area contributed by atoms with E-state index in [0.29, 0.717) is 56.2 Å². The number of nitrogens with zero attached hydrogens (tertiary/aromatic N) is 4. The monoisotopic (exact) mass is 888 g/mol. The average Bonchev–Trinajstić information content (AvgIpc) is 3.62. The molecule has 0 saturated heterocycles. The fourth-order valence-electron chi connectivity index (χ4n) is 9.39. The maximum Gasteiger partial charge on any atom is 0.295 e. The lowest BCUT2D eigenvalue weighted by atomic mass is 9.75. The van der Waals surface area contributed by atoms with Crippen LogP contribution >= 0.6 is 0 Å². The molecule has 0 radical (unpaired) electrons. The molecule has 0 amide bonds. The number of nitrogens with one attached hydrogen (secondary N) is 2. The molecule has 0 bridgehead atoms. The van der Waals surface area contributed by atoms with Crippen LogP contribution in [0.4, 0.5) is 11.4 Å². The third-order valence-electron chi connectivity index (χ3n) is 12.8. The number of Topliss-reactive ketones (excluding diaryl/α,β-unsaturated/α-hetero) is 2. The third kappa shape index (κ3) is 6.79. The van der Waals surface area contributed by atoms with E-state index in [2.05, 4.69) is 10.6 Å². The maximum absolute atomic E-state index is 14.3. The number of aromatic nitrogens is 4. The summed E-state index contributed by atoms with van der Waals surface area (Å²) in [6.45, 7) is 14.2. The van der Waals surface area contributed by atoms with Crippen molar-refractivity contribution in [1.82, 2.24) is 18.7 Å². The molecule has 14 heteroatoms. The van der Waals surface area contributed by atoms with Gasteiger partial charge in [0.25, 0.3) is 11.1 Å². The number of fused-ring (bicyclic) bond motifs is 2. The van der Waals surface area contributed by atoms with Crippen LogP contribution in [0.25, 0.3) is 44.8 Å². The Bertz CT molecular complexity index is 3090. The third-order valence-corrected chi connectivity index (χ3v) is 12.8. The quantitative estimate of drug-likeness (QED) is 0.0764. The van der Waals surface area contributed by atoms with E-state index in [1.165, 1.54) is 21.8 Å². The lowest BCUT2D eigenvalue weighted by Gasteiger charge is -2.29. The van der Waals surface area contributed by atoms with Crippen LogP contribution in [0.15, 0.2) is 106 Å². The van der Waals surface area contributed by atoms with Gasteiger partial charge >= 0.3 is 0 Å². The standard InChI is InChI=1S/C52H52N6O8/c1-25(2)37-33-21-27(5)39(47(61)41(33)35(45(59)49(37)63)23-53-43-29(7)55(9)57(51(43)65)31-17-13-11-14-18-31)40-28(6)22-34-38(26(3)4)50(64)46(60)36(42(34)48(40)62)24-54-44-30(8)56(10)58(52(44)66)32-19-15-12-16-20-32/h11-26,53-54,61-64H,1-10H3. The van der Waals surface area contributed by atoms with Crippen LogP contribution < -0.4 is 21.8 Å². The average molecular weight is 889 g/mol. The van der Waals surface area contributed by atoms with Gasteiger partial charge in [-0.05, 0) is 86.1 Å². The van der Waals surface area contributed by atoms with E-state index in [0.717, 1.165) is 0 Å². The number of ketones is 2. The minimum atomic E-state index is -0.793. The summed E-state index contributed by atoms with van der Waals surface area (Å²) in [5.41, 5.74) is 4.32. The number of phenolic OH excluding ortho intramolecular Hbond substituents is 2. The van der Waals surface area contributed by atoms with Crippen LogP contribution in [0.3, 0.4) is 0 Å². The first-order valence-corrected chi connectivity index (χ1v) is 21.6. The molecular formula is C52H52N6O8. The van der Waals surface area contributed by atoms with Gasteiger partial charge in [-0.2, -0.15) is 0 Å². The van der Waals surface area contributed by atoms with Crippen molar-refractivity contribution in [3.8, 4) is 34.0 Å². The molecule has 0 fully saturated rings. The number of para-hydroxylation sites is 2. The summed E-state index contributed by atoms with van der Waals surface area (Å²) in [5.74, 6) is -4.12. The van der Waals surface area contributed by atoms with Gasteiger partial charge in [0, 0.05) is 59.9 Å². The van der Waals surface area contributed by atoms with Gasteiger partial charge in [-0.25, -0.2) is 9.36 Å². The number of rotatable bonds is 9. The number of aliphatic hydroxyl groups excluding tert-OH is 2. The van der Waals surface area contributed by atoms with Crippen molar-refractivity contribution in [2.45, 2.75) is 55.4 Å². The second-order valence-electron chi connectivity index (χ2n) is 17.4. The fourth-order valence-corrected chi connectivity index (χ4v) is 9.39. The maximum atomic E-state index is 14.3. The second kappa shape index (κ2) is 16.5. The number of aliphatic hydroxyl groups is 2. The van der Waals surface area contributed by atoms with E-state index in [1.54, 1.807) is 87.6 Å². The Balaban J connectivity index is 1.33. The number of hydrogen-bond donors (Lipinski definition) is 6. The Hall–Kier alpha value is -8.00. The minimum Gasteiger partial charge on any atom is -0.507 e. The summed E-state index contributed by atoms with van der Waals surface area (Å²) in [4.78, 5) is 56.3. The highest BCUT2D eigenvalue weighted by Gasteiger charge is 2.39. The zero-order chi connectivity index (χ0) is 47.8. The molecule has 2 aromatic heterocycles. The molecule has 338 valence electrons. The van der Waals surface area contributed by atoms with E-state index in [9.17, 15) is 39.6 Å². The summed E-state index contributed by atoms with van der Waals surface area (Å²) >= 11 is 0. The molecule has 0 atom stereocenters. The Morgan fingerprint density at radius 3 is 1.17 bits per heavy atom. The Morgan fingerprint density at radius 1 is 0.515 bits per heavy atom. The van der Waals surface area contributed by atoms with E-state index >= 15 is 0 Å². The lowest BCUT2D eigenvalue weighted by Crippen LogP contribution is -2.21. The molecule has 0 spiro atoms. The van der Waals surface area contributed by atoms with Crippen molar-refractivity contribution in [3.05, 3.63) is 162 Å². The number of aryl methyl sites for hydroxylation is 2. The van der Waals surface area contributed by atoms with E-state index in [1.807, 2.05) is 64.1 Å². The molecule has 66 heavy (non-hydrogen) atoms. The van der Waals surface area contributed by atoms with Crippen LogP contribution in [-0.4, -0.2) is 50.7 Å². The summed E-state index contributed by atoms with van der Waals surface area (Å²) in [5, 5.41) is 54.3. The van der Waals surface area contributed by atoms with E-state index < -0.39 is 45.7 Å². The van der Waals surface area contributed by atoms with Gasteiger partial charge in [-0.3, -0.25) is 28.5 Å². The number of phenols is 2. The van der Waals surface area contributed by atoms with Crippen molar-refractivity contribution in [3.63, 3.8) is 0 Å². The van der Waals surface area contributed by atoms with Crippen molar-refractivity contribution in [2.24, 2.45) is 25.9 Å². The van der Waals surface area contributed by atoms with Gasteiger partial charge < -0.3 is 31.1 Å². The smallest absolute Gasteiger partial charge is 0.295 e. The van der Waals surface area contributed by atoms with Crippen LogP contribution in [0.5, 0.6) is 11.5 Å². The first kappa shape index (κ1) is 44.6. The molecule has 8 rings (SSSR count). The molecule has 0 saturated carbocycles. The zero-order valence-electron chi connectivity index (χ0n) is 38.4. The Labute approximate surface area is 381 Å². The number of aromatic hydroxyl groups is 2. The first-order valence-electron chi connectivity index (χ1n) is 21.6. The number of hydrogen-bond acceptors (Lipinski definition) is 10. The lowest BCUT2D eigenvalue weighted by molar-refractivity contribution is -0.113. The van der Waals surface area contributed by atoms with Crippen LogP contribution in [0, 0.1) is 39.5 Å². The van der Waals surface area contributed by atoms with Crippen molar-refractivity contribution in [1.29, 1.82) is 0 Å². The van der Waals surface area contributed by atoms with Crippen molar-refractivity contribution >= 4 is 45.2 Å². The van der Waals surface area contributed by atoms with Gasteiger partial charge in [0.15, 0.2) is 11.5 Å². The van der Waals surface area contributed by atoms with Gasteiger partial charge in [-0.15, -0.1) is 0 Å². The largest absolute Gasteiger partial charge is 0.507 e. The topological polar surface area (TPSA) is 193 Å². The molecule has 0 aliphatic heterocycles. The number of benzene rings is 4. The second-order valence-corrected chi connectivity index (χ2v) is 17.4. The number of allylic oxidation sites excluding steroid dienone is 4. The van der Waals surface area contributed by atoms with Crippen LogP contribution in [0.2, 0.25) is 0 Å². The molecule has 2 heterocycles. The summed E-state index contributed by atoms with van der Waals surface area (Å²) < 4.78 is 6.31. The van der Waals surface area contributed by atoms with Crippen molar-refractivity contribution < 1.29 is 30.0 Å². The number of carbonyl (C=O) groups is 2. The number of anilines is 2. The molecule has 2 aliphatic rings. The minimum absolute atomic E-state index is 0.0613. The molecule has 6 N–H and O–H groups in total. The summed E-state index contributed by atoms with van der Waals surface area (Å²) in [6, 6.07) is 21.6. The summed E-state index contributed by atoms with van der Waals surface area (Å²) in [7, 11) is 3.47. The SMILES string of the molecule is Cc1cc2c(c(O)c1-c1c(C)cc3c(c1O)C(=CNc1c(C)n(C)n(-c4ccccc4)c1=O)C(=O)C(O)=C3C(C)C)C(=CNc1c(C)n(C)n(-c3ccccc3)c1=O)C(=O)C(O)=C2C(C)C. The molecule has 4 aromatic carbocycles. The van der Waals surface area contributed by atoms with Gasteiger partial charge in [-0.1, -0.05) is 76.2 Å². The first-order chi connectivity index (χ1) is 31.3. The van der Waals surface area contributed by atoms with E-state index in [-0.39, 0.29) is 56.6 Å². The Morgan fingerprint density at radius 2 is 0.848 bits per heavy atom. The normalized spacial score (nSPS) is 15.2. The van der Waals surface area contributed by atoms with Gasteiger partial charge in [0.05, 0.1) is 33.9 Å². The fraction of sp³-hybridized carbons (Fsp3) is 0.231. The van der Waals surface area contributed by atoms with Crippen LogP contribution in [-0.2, 0) is 23.7 Å². The van der Waals surface area contributed by atoms with Crippen molar-refractivity contribution in [2.75, 3.05) is 10.6 Å². The highest BCUT2D eigenvalue weighted by Crippen LogP contribution is 2.53. The van der Waals surface area contributed by atoms with E-state index in [4.69, 9.17) is 0 Å². The highest BCUT2D eigenvalue weighted by atomic mass is 16.3. The van der Waals surface area contributed by atoms with Gasteiger partial charge in [0.2, 0.25) is 11.6 Å². The predicted octanol–water partition coefficient (Wildman–Crippen LogP) is 8.90. The molecule has 0 unspecified atom stereocenters. The highest BCUT2D eigenvalue weighted by molar-refractivity contribution is 6.35. The molecular weight excluding hydrogens is 837 g/mol. The zero-order valence-corrected chi connectivity index (χ0v) is 38.4. The molecule has 14 nitrogen and oxygen atoms in total. The van der Waals surface area contributed by atoms with Gasteiger partial charge in [0.1, 0.15) is 22.9 Å². The number of carbonyl (C=O) groups excluding carboxylic acids is 2. The molecule has 2 aliphatic carbocycles. The molecule has 6 aromatic rings.